The molecule has 0 aromatic carbocycles. The van der Waals surface area contributed by atoms with Crippen molar-refractivity contribution in [2.24, 2.45) is 0 Å². The standard InChI is InChI=1S/C7H11NO/c1-2-3-6-9-7-4-5-8/h4,7H,2-3,6H2,1H3/b7-4+. The van der Waals surface area contributed by atoms with Gasteiger partial charge in [0.25, 0.3) is 0 Å². The van der Waals surface area contributed by atoms with Gasteiger partial charge in [0.05, 0.1) is 25.0 Å². The molecule has 2 nitrogen and oxygen atoms in total. The summed E-state index contributed by atoms with van der Waals surface area (Å²) in [6.07, 6.45) is 4.93. The second kappa shape index (κ2) is 7.03. The van der Waals surface area contributed by atoms with Gasteiger partial charge in [-0.2, -0.15) is 5.26 Å². The molecule has 0 fully saturated rings. The molecule has 0 N–H and O–H groups in total. The van der Waals surface area contributed by atoms with Crippen LogP contribution in [0.1, 0.15) is 19.8 Å². The molecule has 0 atom stereocenters. The van der Waals surface area contributed by atoms with Crippen LogP contribution in [-0.2, 0) is 4.74 Å². The normalized spacial score (nSPS) is 9.33. The minimum absolute atomic E-state index is 0.717. The lowest BCUT2D eigenvalue weighted by atomic mass is 10.4. The lowest BCUT2D eigenvalue weighted by Crippen LogP contribution is -1.84. The van der Waals surface area contributed by atoms with E-state index in [1.54, 1.807) is 0 Å². The molecular weight excluding hydrogens is 114 g/mol. The Hall–Kier alpha value is -0.970. The lowest BCUT2D eigenvalue weighted by Gasteiger charge is -1.94. The van der Waals surface area contributed by atoms with Crippen molar-refractivity contribution in [3.63, 3.8) is 0 Å². The summed E-state index contributed by atoms with van der Waals surface area (Å²) in [6.45, 7) is 2.81. The zero-order valence-corrected chi connectivity index (χ0v) is 5.63. The Morgan fingerprint density at radius 2 is 2.44 bits per heavy atom. The predicted molar refractivity (Wildman–Crippen MR) is 35.6 cm³/mol. The van der Waals surface area contributed by atoms with Crippen LogP contribution < -0.4 is 0 Å². The van der Waals surface area contributed by atoms with Gasteiger partial charge in [-0.05, 0) is 6.42 Å². The van der Waals surface area contributed by atoms with Crippen LogP contribution in [0.25, 0.3) is 0 Å². The molecule has 50 valence electrons. The van der Waals surface area contributed by atoms with Crippen LogP contribution in [-0.4, -0.2) is 6.61 Å². The molecular formula is C7H11NO. The van der Waals surface area contributed by atoms with Crippen LogP contribution in [0.4, 0.5) is 0 Å². The first-order valence-electron chi connectivity index (χ1n) is 3.08. The van der Waals surface area contributed by atoms with Crippen LogP contribution in [0.2, 0.25) is 0 Å². The zero-order chi connectivity index (χ0) is 6.95. The Morgan fingerprint density at radius 3 is 3.00 bits per heavy atom. The van der Waals surface area contributed by atoms with Gasteiger partial charge in [-0.1, -0.05) is 13.3 Å². The smallest absolute Gasteiger partial charge is 0.0944 e. The zero-order valence-electron chi connectivity index (χ0n) is 5.63. The van der Waals surface area contributed by atoms with E-state index in [0.29, 0.717) is 6.61 Å². The van der Waals surface area contributed by atoms with Crippen LogP contribution >= 0.6 is 0 Å². The van der Waals surface area contributed by atoms with Gasteiger partial charge < -0.3 is 4.74 Å². The second-order valence-corrected chi connectivity index (χ2v) is 1.66. The van der Waals surface area contributed by atoms with Gasteiger partial charge in [0, 0.05) is 0 Å². The van der Waals surface area contributed by atoms with Crippen molar-refractivity contribution in [2.75, 3.05) is 6.61 Å². The highest BCUT2D eigenvalue weighted by molar-refractivity contribution is 4.97. The third-order valence-electron chi connectivity index (χ3n) is 0.855. The van der Waals surface area contributed by atoms with Crippen LogP contribution in [0.3, 0.4) is 0 Å². The number of nitrogens with zero attached hydrogens (tertiary/aromatic N) is 1. The average Bonchev–Trinajstić information content (AvgIpc) is 1.89. The first-order chi connectivity index (χ1) is 4.41. The lowest BCUT2D eigenvalue weighted by molar-refractivity contribution is 0.244. The Morgan fingerprint density at radius 1 is 1.67 bits per heavy atom. The van der Waals surface area contributed by atoms with E-state index in [2.05, 4.69) is 6.92 Å². The van der Waals surface area contributed by atoms with E-state index in [0.717, 1.165) is 12.8 Å². The third kappa shape index (κ3) is 7.03. The van der Waals surface area contributed by atoms with E-state index in [4.69, 9.17) is 10.00 Å². The van der Waals surface area contributed by atoms with Crippen molar-refractivity contribution in [2.45, 2.75) is 19.8 Å². The minimum Gasteiger partial charge on any atom is -0.500 e. The number of hydrogen-bond donors (Lipinski definition) is 0. The van der Waals surface area contributed by atoms with Crippen molar-refractivity contribution >= 4 is 0 Å². The molecule has 0 aromatic heterocycles. The Kier molecular flexibility index (Phi) is 6.27. The Bertz CT molecular complexity index is 113. The van der Waals surface area contributed by atoms with Crippen molar-refractivity contribution in [3.05, 3.63) is 12.3 Å². The first kappa shape index (κ1) is 8.03. The Balaban J connectivity index is 2.93. The fraction of sp³-hybridized carbons (Fsp3) is 0.571. The molecule has 0 heterocycles. The van der Waals surface area contributed by atoms with Crippen molar-refractivity contribution < 1.29 is 4.74 Å². The quantitative estimate of drug-likeness (QED) is 0.326. The fourth-order valence-electron chi connectivity index (χ4n) is 0.374. The molecule has 0 aliphatic carbocycles. The molecule has 0 aromatic rings. The van der Waals surface area contributed by atoms with Gasteiger partial charge >= 0.3 is 0 Å². The predicted octanol–water partition coefficient (Wildman–Crippen LogP) is 1.84. The van der Waals surface area contributed by atoms with Crippen molar-refractivity contribution in [3.8, 4) is 6.07 Å². The number of ether oxygens (including phenoxy) is 1. The van der Waals surface area contributed by atoms with E-state index in [1.807, 2.05) is 6.07 Å². The number of allylic oxidation sites excluding steroid dienone is 1. The van der Waals surface area contributed by atoms with Crippen molar-refractivity contribution in [1.29, 1.82) is 5.26 Å². The summed E-state index contributed by atoms with van der Waals surface area (Å²) in [5.41, 5.74) is 0. The maximum absolute atomic E-state index is 8.01. The van der Waals surface area contributed by atoms with Crippen LogP contribution in [0, 0.1) is 11.3 Å². The van der Waals surface area contributed by atoms with E-state index >= 15 is 0 Å². The van der Waals surface area contributed by atoms with Gasteiger partial charge in [0.1, 0.15) is 0 Å². The molecule has 0 radical (unpaired) electrons. The van der Waals surface area contributed by atoms with Crippen LogP contribution in [0.15, 0.2) is 12.3 Å². The molecule has 2 heteroatoms. The number of unbranched alkanes of at least 4 members (excludes halogenated alkanes) is 1. The highest BCUT2D eigenvalue weighted by Crippen LogP contribution is 1.87. The molecule has 0 bridgehead atoms. The Labute approximate surface area is 55.7 Å². The largest absolute Gasteiger partial charge is 0.500 e. The van der Waals surface area contributed by atoms with Gasteiger partial charge in [0.15, 0.2) is 0 Å². The molecule has 0 unspecified atom stereocenters. The maximum atomic E-state index is 8.01. The van der Waals surface area contributed by atoms with Gasteiger partial charge in [-0.15, -0.1) is 0 Å². The number of nitriles is 1. The van der Waals surface area contributed by atoms with E-state index in [1.165, 1.54) is 12.3 Å². The number of rotatable bonds is 4. The topological polar surface area (TPSA) is 33.0 Å². The molecule has 0 spiro atoms. The molecule has 0 saturated heterocycles. The molecule has 9 heavy (non-hydrogen) atoms. The fourth-order valence-corrected chi connectivity index (χ4v) is 0.374. The second-order valence-electron chi connectivity index (χ2n) is 1.66. The highest BCUT2D eigenvalue weighted by atomic mass is 16.5. The average molecular weight is 125 g/mol. The van der Waals surface area contributed by atoms with E-state index in [-0.39, 0.29) is 0 Å². The van der Waals surface area contributed by atoms with Gasteiger partial charge in [-0.25, -0.2) is 0 Å². The minimum atomic E-state index is 0.717. The maximum Gasteiger partial charge on any atom is 0.0944 e. The summed E-state index contributed by atoms with van der Waals surface area (Å²) in [4.78, 5) is 0. The third-order valence-corrected chi connectivity index (χ3v) is 0.855. The van der Waals surface area contributed by atoms with Crippen molar-refractivity contribution in [1.82, 2.24) is 0 Å². The summed E-state index contributed by atoms with van der Waals surface area (Å²) >= 11 is 0. The summed E-state index contributed by atoms with van der Waals surface area (Å²) in [5.74, 6) is 0. The summed E-state index contributed by atoms with van der Waals surface area (Å²) in [7, 11) is 0. The van der Waals surface area contributed by atoms with Crippen LogP contribution in [0.5, 0.6) is 0 Å². The van der Waals surface area contributed by atoms with E-state index in [9.17, 15) is 0 Å². The van der Waals surface area contributed by atoms with E-state index < -0.39 is 0 Å². The summed E-state index contributed by atoms with van der Waals surface area (Å²) < 4.78 is 4.91. The number of hydrogen-bond acceptors (Lipinski definition) is 2. The SMILES string of the molecule is CCCCO/C=C/C#N. The molecule has 0 amide bonds. The molecule has 0 saturated carbocycles. The monoisotopic (exact) mass is 125 g/mol. The van der Waals surface area contributed by atoms with Gasteiger partial charge in [-0.3, -0.25) is 0 Å². The summed E-state index contributed by atoms with van der Waals surface area (Å²) in [5, 5.41) is 8.01. The molecule has 0 aliphatic heterocycles. The summed E-state index contributed by atoms with van der Waals surface area (Å²) in [6, 6.07) is 1.84. The van der Waals surface area contributed by atoms with Gasteiger partial charge in [0.2, 0.25) is 0 Å². The molecule has 0 rings (SSSR count). The molecule has 0 aliphatic rings. The first-order valence-corrected chi connectivity index (χ1v) is 3.08. The highest BCUT2D eigenvalue weighted by Gasteiger charge is 1.78.